The maximum Gasteiger partial charge on any atom is 0.235 e. The van der Waals surface area contributed by atoms with Crippen LogP contribution in [0.2, 0.25) is 0 Å². The second kappa shape index (κ2) is 4.68. The zero-order chi connectivity index (χ0) is 14.3. The van der Waals surface area contributed by atoms with Crippen LogP contribution in [0.1, 0.15) is 27.0 Å². The number of ether oxygens (including phenoxy) is 1. The minimum atomic E-state index is -0.371. The first kappa shape index (κ1) is 12.7. The summed E-state index contributed by atoms with van der Waals surface area (Å²) in [6, 6.07) is 6.38. The fourth-order valence-corrected chi connectivity index (χ4v) is 2.95. The van der Waals surface area contributed by atoms with Gasteiger partial charge in [0.05, 0.1) is 0 Å². The molecule has 0 saturated carbocycles. The first-order chi connectivity index (χ1) is 9.58. The fourth-order valence-electron chi connectivity index (χ4n) is 2.07. The Morgan fingerprint density at radius 3 is 2.80 bits per heavy atom. The lowest BCUT2D eigenvalue weighted by Crippen LogP contribution is -1.97. The van der Waals surface area contributed by atoms with Crippen LogP contribution < -0.4 is 4.74 Å². The van der Waals surface area contributed by atoms with Gasteiger partial charge in [-0.25, -0.2) is 0 Å². The van der Waals surface area contributed by atoms with Crippen molar-refractivity contribution in [1.29, 1.82) is 0 Å². The van der Waals surface area contributed by atoms with Crippen LogP contribution in [0.5, 0.6) is 17.2 Å². The minimum Gasteiger partial charge on any atom is -0.508 e. The number of fused-ring (bicyclic) bond motifs is 1. The molecule has 2 heterocycles. The van der Waals surface area contributed by atoms with Crippen LogP contribution in [-0.2, 0) is 6.42 Å². The van der Waals surface area contributed by atoms with Crippen molar-refractivity contribution in [2.45, 2.75) is 13.3 Å². The Morgan fingerprint density at radius 1 is 1.30 bits per heavy atom. The van der Waals surface area contributed by atoms with Gasteiger partial charge in [0, 0.05) is 28.0 Å². The van der Waals surface area contributed by atoms with E-state index in [2.05, 4.69) is 6.92 Å². The molecule has 0 fully saturated rings. The summed E-state index contributed by atoms with van der Waals surface area (Å²) in [5.74, 6) is -0.436. The highest BCUT2D eigenvalue weighted by Crippen LogP contribution is 2.40. The molecular weight excluding hydrogens is 276 g/mol. The summed E-state index contributed by atoms with van der Waals surface area (Å²) in [6.45, 7) is 2.07. The molecule has 1 aromatic heterocycles. The summed E-state index contributed by atoms with van der Waals surface area (Å²) in [6.07, 6.45) is 2.60. The Morgan fingerprint density at radius 2 is 2.10 bits per heavy atom. The molecule has 102 valence electrons. The van der Waals surface area contributed by atoms with E-state index in [0.717, 1.165) is 17.4 Å². The van der Waals surface area contributed by atoms with Crippen molar-refractivity contribution in [1.82, 2.24) is 0 Å². The zero-order valence-electron chi connectivity index (χ0n) is 10.7. The van der Waals surface area contributed by atoms with Gasteiger partial charge in [-0.1, -0.05) is 6.92 Å². The normalized spacial score (nSPS) is 15.4. The lowest BCUT2D eigenvalue weighted by atomic mass is 10.1. The van der Waals surface area contributed by atoms with Crippen molar-refractivity contribution in [2.75, 3.05) is 0 Å². The molecule has 0 amide bonds. The Hall–Kier alpha value is -2.27. The van der Waals surface area contributed by atoms with Crippen molar-refractivity contribution in [3.63, 3.8) is 0 Å². The zero-order valence-corrected chi connectivity index (χ0v) is 11.5. The standard InChI is InChI=1S/C15H12O4S/c1-2-9-3-4-10(20-9)7-13-15(18)14-11(17)5-8(16)6-12(14)19-13/h3-7,16-17H,2H2,1H3. The molecule has 0 spiro atoms. The minimum absolute atomic E-state index is 0.0984. The van der Waals surface area contributed by atoms with Crippen LogP contribution in [0.4, 0.5) is 0 Å². The van der Waals surface area contributed by atoms with Crippen molar-refractivity contribution < 1.29 is 19.7 Å². The monoisotopic (exact) mass is 288 g/mol. The SMILES string of the molecule is CCc1ccc(C=C2Oc3cc(O)cc(O)c3C2=O)s1. The Balaban J connectivity index is 1.99. The van der Waals surface area contributed by atoms with Gasteiger partial charge in [0.25, 0.3) is 0 Å². The predicted octanol–water partition coefficient (Wildman–Crippen LogP) is 3.34. The molecule has 0 radical (unpaired) electrons. The second-order valence-corrected chi connectivity index (χ2v) is 5.64. The van der Waals surface area contributed by atoms with Crippen LogP contribution in [-0.4, -0.2) is 16.0 Å². The number of allylic oxidation sites excluding steroid dienone is 1. The summed E-state index contributed by atoms with van der Waals surface area (Å²) in [5, 5.41) is 19.1. The smallest absolute Gasteiger partial charge is 0.235 e. The van der Waals surface area contributed by atoms with E-state index in [1.807, 2.05) is 12.1 Å². The number of thiophene rings is 1. The number of rotatable bonds is 2. The molecule has 1 aliphatic heterocycles. The summed E-state index contributed by atoms with van der Waals surface area (Å²) < 4.78 is 5.43. The quantitative estimate of drug-likeness (QED) is 0.832. The van der Waals surface area contributed by atoms with E-state index < -0.39 is 0 Å². The van der Waals surface area contributed by atoms with E-state index in [1.165, 1.54) is 10.9 Å². The number of aromatic hydroxyl groups is 2. The first-order valence-electron chi connectivity index (χ1n) is 6.17. The Kier molecular flexibility index (Phi) is 2.99. The van der Waals surface area contributed by atoms with Gasteiger partial charge in [-0.15, -0.1) is 11.3 Å². The molecule has 1 aliphatic rings. The summed E-state index contributed by atoms with van der Waals surface area (Å²) in [4.78, 5) is 14.3. The molecular formula is C15H12O4S. The van der Waals surface area contributed by atoms with Gasteiger partial charge >= 0.3 is 0 Å². The van der Waals surface area contributed by atoms with E-state index in [4.69, 9.17) is 4.74 Å². The topological polar surface area (TPSA) is 66.8 Å². The average Bonchev–Trinajstić information content (AvgIpc) is 2.95. The van der Waals surface area contributed by atoms with Crippen LogP contribution in [0.15, 0.2) is 30.0 Å². The van der Waals surface area contributed by atoms with Gasteiger partial charge in [0.2, 0.25) is 5.78 Å². The highest BCUT2D eigenvalue weighted by molar-refractivity contribution is 7.12. The number of phenolic OH excluding ortho intramolecular Hbond substituents is 2. The number of hydrogen-bond donors (Lipinski definition) is 2. The third-order valence-corrected chi connectivity index (χ3v) is 4.22. The molecule has 3 rings (SSSR count). The van der Waals surface area contributed by atoms with Crippen LogP contribution in [0.3, 0.4) is 0 Å². The molecule has 2 aromatic rings. The second-order valence-electron chi connectivity index (χ2n) is 4.44. The van der Waals surface area contributed by atoms with Crippen molar-refractivity contribution >= 4 is 23.2 Å². The summed E-state index contributed by atoms with van der Waals surface area (Å²) in [5.41, 5.74) is 0.0984. The lowest BCUT2D eigenvalue weighted by molar-refractivity contribution is 0.101. The number of phenols is 2. The van der Waals surface area contributed by atoms with Crippen LogP contribution in [0.25, 0.3) is 6.08 Å². The lowest BCUT2D eigenvalue weighted by Gasteiger charge is -1.99. The third-order valence-electron chi connectivity index (χ3n) is 3.04. The van der Waals surface area contributed by atoms with Crippen LogP contribution >= 0.6 is 11.3 Å². The van der Waals surface area contributed by atoms with Gasteiger partial charge in [0.1, 0.15) is 22.8 Å². The van der Waals surface area contributed by atoms with Gasteiger partial charge in [-0.05, 0) is 18.6 Å². The average molecular weight is 288 g/mol. The summed E-state index contributed by atoms with van der Waals surface area (Å²) in [7, 11) is 0. The number of benzene rings is 1. The van der Waals surface area contributed by atoms with E-state index in [0.29, 0.717) is 0 Å². The fraction of sp³-hybridized carbons (Fsp3) is 0.133. The van der Waals surface area contributed by atoms with E-state index in [9.17, 15) is 15.0 Å². The van der Waals surface area contributed by atoms with Gasteiger partial charge < -0.3 is 14.9 Å². The number of aryl methyl sites for hydroxylation is 1. The highest BCUT2D eigenvalue weighted by atomic mass is 32.1. The van der Waals surface area contributed by atoms with E-state index >= 15 is 0 Å². The number of carbonyl (C=O) groups excluding carboxylic acids is 1. The number of Topliss-reactive ketones (excluding diaryl/α,β-unsaturated/α-hetero) is 1. The largest absolute Gasteiger partial charge is 0.508 e. The van der Waals surface area contributed by atoms with Crippen LogP contribution in [0, 0.1) is 0 Å². The van der Waals surface area contributed by atoms with Gasteiger partial charge in [-0.2, -0.15) is 0 Å². The predicted molar refractivity (Wildman–Crippen MR) is 76.4 cm³/mol. The Labute approximate surface area is 119 Å². The van der Waals surface area contributed by atoms with Crippen molar-refractivity contribution in [3.8, 4) is 17.2 Å². The summed E-state index contributed by atoms with van der Waals surface area (Å²) >= 11 is 1.59. The number of hydrogen-bond acceptors (Lipinski definition) is 5. The molecule has 0 bridgehead atoms. The molecule has 0 unspecified atom stereocenters. The molecule has 2 N–H and O–H groups in total. The molecule has 20 heavy (non-hydrogen) atoms. The highest BCUT2D eigenvalue weighted by Gasteiger charge is 2.31. The third kappa shape index (κ3) is 2.06. The van der Waals surface area contributed by atoms with E-state index in [1.54, 1.807) is 17.4 Å². The molecule has 0 atom stereocenters. The van der Waals surface area contributed by atoms with Gasteiger partial charge in [-0.3, -0.25) is 4.79 Å². The van der Waals surface area contributed by atoms with Gasteiger partial charge in [0.15, 0.2) is 5.76 Å². The van der Waals surface area contributed by atoms with Crippen molar-refractivity contribution in [2.24, 2.45) is 0 Å². The molecule has 5 heteroatoms. The molecule has 4 nitrogen and oxygen atoms in total. The number of carbonyl (C=O) groups is 1. The maximum absolute atomic E-state index is 12.2. The molecule has 0 saturated heterocycles. The maximum atomic E-state index is 12.2. The molecule has 0 aliphatic carbocycles. The van der Waals surface area contributed by atoms with Crippen molar-refractivity contribution in [3.05, 3.63) is 45.3 Å². The molecule has 1 aromatic carbocycles. The van der Waals surface area contributed by atoms with E-state index in [-0.39, 0.29) is 34.4 Å². The number of ketones is 1. The Bertz CT molecular complexity index is 727. The first-order valence-corrected chi connectivity index (χ1v) is 6.99.